The largest absolute Gasteiger partial charge is 0.424 e. The quantitative estimate of drug-likeness (QED) is 0.617. The molecule has 1 saturated carbocycles. The highest BCUT2D eigenvalue weighted by Gasteiger charge is 2.43. The second kappa shape index (κ2) is 8.34. The molecule has 0 radical (unpaired) electrons. The molecule has 2 bridgehead atoms. The number of benzene rings is 1. The second-order valence-corrected chi connectivity index (χ2v) is 8.72. The Kier molecular flexibility index (Phi) is 5.40. The van der Waals surface area contributed by atoms with Crippen LogP contribution in [0.5, 0.6) is 11.8 Å². The lowest BCUT2D eigenvalue weighted by atomic mass is 9.92. The fourth-order valence-corrected chi connectivity index (χ4v) is 4.89. The molecule has 0 amide bonds. The van der Waals surface area contributed by atoms with Gasteiger partial charge in [-0.3, -0.25) is 0 Å². The minimum atomic E-state index is 0.353. The van der Waals surface area contributed by atoms with E-state index in [4.69, 9.17) is 16.3 Å². The Bertz CT molecular complexity index is 1060. The van der Waals surface area contributed by atoms with E-state index in [1.165, 1.54) is 12.8 Å². The Balaban J connectivity index is 1.30. The molecule has 1 saturated heterocycles. The molecule has 8 nitrogen and oxygen atoms in total. The van der Waals surface area contributed by atoms with Gasteiger partial charge in [0.1, 0.15) is 17.9 Å². The van der Waals surface area contributed by atoms with Gasteiger partial charge in [-0.15, -0.1) is 5.10 Å². The van der Waals surface area contributed by atoms with Crippen LogP contribution in [-0.4, -0.2) is 43.9 Å². The Morgan fingerprint density at radius 3 is 2.68 bits per heavy atom. The van der Waals surface area contributed by atoms with Crippen LogP contribution >= 0.6 is 11.6 Å². The predicted octanol–water partition coefficient (Wildman–Crippen LogP) is 4.17. The zero-order chi connectivity index (χ0) is 21.4. The Labute approximate surface area is 186 Å². The van der Waals surface area contributed by atoms with Crippen molar-refractivity contribution in [2.45, 2.75) is 39.3 Å². The summed E-state index contributed by atoms with van der Waals surface area (Å²) in [6, 6.07) is 10.2. The Hall–Kier alpha value is -2.87. The maximum atomic E-state index is 6.08. The number of ether oxygens (including phenoxy) is 1. The molecule has 5 rings (SSSR count). The first-order valence-electron chi connectivity index (χ1n) is 10.8. The van der Waals surface area contributed by atoms with E-state index >= 15 is 0 Å². The van der Waals surface area contributed by atoms with Crippen molar-refractivity contribution in [3.05, 3.63) is 47.4 Å². The maximum Gasteiger partial charge on any atom is 0.322 e. The molecule has 9 heteroatoms. The van der Waals surface area contributed by atoms with Gasteiger partial charge in [-0.1, -0.05) is 17.7 Å². The number of aryl methyl sites for hydroxylation is 2. The average Bonchev–Trinajstić information content (AvgIpc) is 3.23. The first-order valence-corrected chi connectivity index (χ1v) is 11.1. The van der Waals surface area contributed by atoms with Crippen molar-refractivity contribution < 1.29 is 4.74 Å². The monoisotopic (exact) mass is 439 g/mol. The molecule has 2 unspecified atom stereocenters. The predicted molar refractivity (Wildman–Crippen MR) is 120 cm³/mol. The van der Waals surface area contributed by atoms with Gasteiger partial charge in [0.2, 0.25) is 5.95 Å². The molecule has 2 aromatic heterocycles. The fourth-order valence-electron chi connectivity index (χ4n) is 4.71. The smallest absolute Gasteiger partial charge is 0.322 e. The van der Waals surface area contributed by atoms with Crippen LogP contribution in [-0.2, 0) is 6.54 Å². The minimum Gasteiger partial charge on any atom is -0.424 e. The molecule has 162 valence electrons. The van der Waals surface area contributed by atoms with Crippen molar-refractivity contribution >= 4 is 23.4 Å². The molecular weight excluding hydrogens is 414 g/mol. The van der Waals surface area contributed by atoms with Gasteiger partial charge in [-0.05, 0) is 56.7 Å². The molecule has 2 aliphatic rings. The van der Waals surface area contributed by atoms with Crippen LogP contribution in [0.15, 0.2) is 36.7 Å². The highest BCUT2D eigenvalue weighted by Crippen LogP contribution is 2.39. The first-order chi connectivity index (χ1) is 15.1. The molecule has 1 aliphatic carbocycles. The fraction of sp³-hybridized carbons (Fsp3) is 0.455. The van der Waals surface area contributed by atoms with Crippen molar-refractivity contribution in [1.29, 1.82) is 0 Å². The van der Waals surface area contributed by atoms with Gasteiger partial charge < -0.3 is 15.0 Å². The zero-order valence-electron chi connectivity index (χ0n) is 17.7. The molecule has 3 heterocycles. The number of rotatable bonds is 6. The zero-order valence-corrected chi connectivity index (χ0v) is 18.5. The number of fused-ring (bicyclic) bond motifs is 2. The normalized spacial score (nSPS) is 22.5. The van der Waals surface area contributed by atoms with E-state index in [2.05, 4.69) is 36.3 Å². The van der Waals surface area contributed by atoms with E-state index in [-0.39, 0.29) is 0 Å². The van der Waals surface area contributed by atoms with Gasteiger partial charge in [-0.2, -0.15) is 4.98 Å². The number of hydrogen-bond acceptors (Lipinski definition) is 7. The summed E-state index contributed by atoms with van der Waals surface area (Å²) < 4.78 is 7.72. The summed E-state index contributed by atoms with van der Waals surface area (Å²) in [5.74, 6) is 3.34. The third-order valence-corrected chi connectivity index (χ3v) is 6.42. The Morgan fingerprint density at radius 1 is 1.16 bits per heavy atom. The molecule has 3 aromatic rings. The number of nitrogens with one attached hydrogen (secondary N) is 1. The summed E-state index contributed by atoms with van der Waals surface area (Å²) in [6.07, 6.45) is 4.05. The van der Waals surface area contributed by atoms with Crippen molar-refractivity contribution in [1.82, 2.24) is 24.7 Å². The molecular formula is C22H26ClN7O. The minimum absolute atomic E-state index is 0.353. The lowest BCUT2D eigenvalue weighted by molar-refractivity contribution is 0.374. The van der Waals surface area contributed by atoms with Crippen LogP contribution in [0, 0.1) is 18.8 Å². The van der Waals surface area contributed by atoms with E-state index in [0.717, 1.165) is 24.6 Å². The molecule has 2 atom stereocenters. The molecule has 31 heavy (non-hydrogen) atoms. The van der Waals surface area contributed by atoms with Gasteiger partial charge in [0.25, 0.3) is 0 Å². The summed E-state index contributed by atoms with van der Waals surface area (Å²) in [7, 11) is 0. The lowest BCUT2D eigenvalue weighted by Crippen LogP contribution is -2.48. The van der Waals surface area contributed by atoms with Crippen molar-refractivity contribution in [2.24, 2.45) is 11.8 Å². The third-order valence-electron chi connectivity index (χ3n) is 6.19. The van der Waals surface area contributed by atoms with Crippen LogP contribution < -0.4 is 15.0 Å². The highest BCUT2D eigenvalue weighted by molar-refractivity contribution is 6.30. The molecule has 1 aromatic carbocycles. The van der Waals surface area contributed by atoms with Gasteiger partial charge in [-0.25, -0.2) is 14.6 Å². The molecule has 2 fully saturated rings. The molecule has 1 aliphatic heterocycles. The first kappa shape index (κ1) is 20.1. The summed E-state index contributed by atoms with van der Waals surface area (Å²) >= 11 is 6.08. The van der Waals surface area contributed by atoms with Crippen LogP contribution in [0.4, 0.5) is 11.8 Å². The topological polar surface area (TPSA) is 81.0 Å². The van der Waals surface area contributed by atoms with Gasteiger partial charge in [0, 0.05) is 42.5 Å². The van der Waals surface area contributed by atoms with Crippen molar-refractivity contribution in [2.75, 3.05) is 23.3 Å². The third kappa shape index (κ3) is 4.17. The van der Waals surface area contributed by atoms with E-state index in [1.54, 1.807) is 17.1 Å². The van der Waals surface area contributed by atoms with E-state index in [0.29, 0.717) is 47.2 Å². The second-order valence-electron chi connectivity index (χ2n) is 8.28. The van der Waals surface area contributed by atoms with Crippen LogP contribution in [0.3, 0.4) is 0 Å². The average molecular weight is 440 g/mol. The van der Waals surface area contributed by atoms with E-state index < -0.39 is 0 Å². The highest BCUT2D eigenvalue weighted by atomic mass is 35.5. The number of piperidine rings is 1. The standard InChI is InChI=1S/C22H26ClN7O/c1-3-30-22(31-18-6-4-5-17(23)10-18)27-21(28-30)26-20-15-7-8-16(20)12-29(11-15)19-9-14(2)24-13-25-19/h4-6,9-10,13,15-16,20H,3,7-8,11-12H2,1-2H3,(H,26,28). The summed E-state index contributed by atoms with van der Waals surface area (Å²) in [6.45, 7) is 6.65. The number of nitrogens with zero attached hydrogens (tertiary/aromatic N) is 6. The molecule has 1 N–H and O–H groups in total. The maximum absolute atomic E-state index is 6.08. The lowest BCUT2D eigenvalue weighted by Gasteiger charge is -2.38. The van der Waals surface area contributed by atoms with Gasteiger partial charge in [0.15, 0.2) is 0 Å². The summed E-state index contributed by atoms with van der Waals surface area (Å²) in [4.78, 5) is 15.7. The number of aromatic nitrogens is 5. The van der Waals surface area contributed by atoms with Crippen molar-refractivity contribution in [3.63, 3.8) is 0 Å². The van der Waals surface area contributed by atoms with Crippen LogP contribution in [0.1, 0.15) is 25.5 Å². The van der Waals surface area contributed by atoms with Crippen LogP contribution in [0.25, 0.3) is 0 Å². The van der Waals surface area contributed by atoms with E-state index in [1.807, 2.05) is 32.0 Å². The van der Waals surface area contributed by atoms with Crippen molar-refractivity contribution in [3.8, 4) is 11.8 Å². The number of hydrogen-bond donors (Lipinski definition) is 1. The van der Waals surface area contributed by atoms with E-state index in [9.17, 15) is 0 Å². The Morgan fingerprint density at radius 2 is 1.97 bits per heavy atom. The summed E-state index contributed by atoms with van der Waals surface area (Å²) in [5.41, 5.74) is 0.999. The molecule has 0 spiro atoms. The summed E-state index contributed by atoms with van der Waals surface area (Å²) in [5, 5.41) is 8.86. The number of halogens is 1. The van der Waals surface area contributed by atoms with Crippen LogP contribution in [0.2, 0.25) is 5.02 Å². The SMILES string of the molecule is CCn1nc(NC2C3CCC2CN(c2cc(C)ncn2)C3)nc1Oc1cccc(Cl)c1. The van der Waals surface area contributed by atoms with Gasteiger partial charge >= 0.3 is 6.01 Å². The van der Waals surface area contributed by atoms with Gasteiger partial charge in [0.05, 0.1) is 0 Å². The number of anilines is 2.